The van der Waals surface area contributed by atoms with Crippen molar-refractivity contribution < 1.29 is 18.3 Å². The van der Waals surface area contributed by atoms with E-state index in [-0.39, 0.29) is 5.75 Å². The lowest BCUT2D eigenvalue weighted by Crippen LogP contribution is -2.28. The molecule has 1 aromatic carbocycles. The SMILES string of the molecule is CCOc1cccc(CNC2CCSC2)c1OC(F)F. The molecule has 0 aliphatic carbocycles. The maximum Gasteiger partial charge on any atom is 0.387 e. The van der Waals surface area contributed by atoms with E-state index in [2.05, 4.69) is 10.1 Å². The predicted molar refractivity (Wildman–Crippen MR) is 76.8 cm³/mol. The predicted octanol–water partition coefficient (Wildman–Crippen LogP) is 3.28. The third-order valence-electron chi connectivity index (χ3n) is 3.08. The van der Waals surface area contributed by atoms with E-state index >= 15 is 0 Å². The highest BCUT2D eigenvalue weighted by Gasteiger charge is 2.18. The molecule has 2 rings (SSSR count). The molecule has 0 bridgehead atoms. The standard InChI is InChI=1S/C14H19F2NO2S/c1-2-18-12-5-3-4-10(13(12)19-14(15)16)8-17-11-6-7-20-9-11/h3-5,11,14,17H,2,6-9H2,1H3. The molecule has 1 N–H and O–H groups in total. The third-order valence-corrected chi connectivity index (χ3v) is 4.24. The van der Waals surface area contributed by atoms with Crippen LogP contribution in [0.2, 0.25) is 0 Å². The molecule has 0 spiro atoms. The number of ether oxygens (including phenoxy) is 2. The molecule has 20 heavy (non-hydrogen) atoms. The van der Waals surface area contributed by atoms with Crippen LogP contribution in [0.5, 0.6) is 11.5 Å². The van der Waals surface area contributed by atoms with Crippen LogP contribution >= 0.6 is 11.8 Å². The Morgan fingerprint density at radius 3 is 2.95 bits per heavy atom. The zero-order valence-electron chi connectivity index (χ0n) is 11.4. The van der Waals surface area contributed by atoms with E-state index in [4.69, 9.17) is 4.74 Å². The van der Waals surface area contributed by atoms with Crippen molar-refractivity contribution in [1.82, 2.24) is 5.32 Å². The number of benzene rings is 1. The van der Waals surface area contributed by atoms with E-state index in [0.717, 1.165) is 17.9 Å². The van der Waals surface area contributed by atoms with E-state index < -0.39 is 6.61 Å². The minimum atomic E-state index is -2.85. The topological polar surface area (TPSA) is 30.5 Å². The van der Waals surface area contributed by atoms with Gasteiger partial charge in [-0.25, -0.2) is 0 Å². The normalized spacial score (nSPS) is 18.5. The molecule has 1 atom stereocenters. The summed E-state index contributed by atoms with van der Waals surface area (Å²) in [6.07, 6.45) is 1.11. The van der Waals surface area contributed by atoms with Crippen molar-refractivity contribution in [1.29, 1.82) is 0 Å². The van der Waals surface area contributed by atoms with Gasteiger partial charge in [-0.15, -0.1) is 0 Å². The second-order valence-electron chi connectivity index (χ2n) is 4.50. The Kier molecular flexibility index (Phi) is 5.91. The Morgan fingerprint density at radius 1 is 1.45 bits per heavy atom. The summed E-state index contributed by atoms with van der Waals surface area (Å²) in [6.45, 7) is -0.117. The minimum absolute atomic E-state index is 0.141. The molecule has 3 nitrogen and oxygen atoms in total. The smallest absolute Gasteiger partial charge is 0.387 e. The summed E-state index contributed by atoms with van der Waals surface area (Å²) in [7, 11) is 0. The van der Waals surface area contributed by atoms with Crippen LogP contribution in [0.4, 0.5) is 8.78 Å². The van der Waals surface area contributed by atoms with Crippen molar-refractivity contribution in [3.8, 4) is 11.5 Å². The zero-order chi connectivity index (χ0) is 14.4. The van der Waals surface area contributed by atoms with Gasteiger partial charge in [0.25, 0.3) is 0 Å². The summed E-state index contributed by atoms with van der Waals surface area (Å²) in [6, 6.07) is 5.67. The molecule has 112 valence electrons. The molecule has 0 radical (unpaired) electrons. The van der Waals surface area contributed by atoms with Crippen LogP contribution in [0.1, 0.15) is 18.9 Å². The number of hydrogen-bond donors (Lipinski definition) is 1. The summed E-state index contributed by atoms with van der Waals surface area (Å²) in [5.74, 6) is 2.73. The van der Waals surface area contributed by atoms with E-state index in [1.807, 2.05) is 18.7 Å². The van der Waals surface area contributed by atoms with Gasteiger partial charge < -0.3 is 14.8 Å². The highest BCUT2D eigenvalue weighted by atomic mass is 32.2. The van der Waals surface area contributed by atoms with Gasteiger partial charge in [-0.05, 0) is 25.2 Å². The molecule has 1 aromatic rings. The average molecular weight is 303 g/mol. The van der Waals surface area contributed by atoms with Crippen LogP contribution in [0.3, 0.4) is 0 Å². The van der Waals surface area contributed by atoms with Crippen LogP contribution in [0.15, 0.2) is 18.2 Å². The van der Waals surface area contributed by atoms with E-state index in [1.54, 1.807) is 18.2 Å². The fraction of sp³-hybridized carbons (Fsp3) is 0.571. The Morgan fingerprint density at radius 2 is 2.30 bits per heavy atom. The summed E-state index contributed by atoms with van der Waals surface area (Å²) in [5.41, 5.74) is 0.702. The molecule has 1 heterocycles. The molecule has 6 heteroatoms. The first-order valence-electron chi connectivity index (χ1n) is 6.71. The number of para-hydroxylation sites is 1. The summed E-state index contributed by atoms with van der Waals surface area (Å²) in [4.78, 5) is 0. The van der Waals surface area contributed by atoms with Crippen LogP contribution in [-0.2, 0) is 6.54 Å². The number of alkyl halides is 2. The molecule has 0 aromatic heterocycles. The summed E-state index contributed by atoms with van der Waals surface area (Å²) in [5, 5.41) is 3.38. The number of thioether (sulfide) groups is 1. The van der Waals surface area contributed by atoms with Gasteiger partial charge in [0.15, 0.2) is 11.5 Å². The van der Waals surface area contributed by atoms with Crippen molar-refractivity contribution in [2.45, 2.75) is 32.5 Å². The Balaban J connectivity index is 2.09. The first-order chi connectivity index (χ1) is 9.70. The molecule has 0 amide bonds. The largest absolute Gasteiger partial charge is 0.490 e. The van der Waals surface area contributed by atoms with Crippen molar-refractivity contribution >= 4 is 11.8 Å². The number of nitrogens with one attached hydrogen (secondary N) is 1. The Hall–Kier alpha value is -1.01. The maximum absolute atomic E-state index is 12.6. The molecule has 1 aliphatic rings. The lowest BCUT2D eigenvalue weighted by Gasteiger charge is -2.17. The second-order valence-corrected chi connectivity index (χ2v) is 5.65. The first-order valence-corrected chi connectivity index (χ1v) is 7.86. The van der Waals surface area contributed by atoms with Crippen molar-refractivity contribution in [3.05, 3.63) is 23.8 Å². The molecular formula is C14H19F2NO2S. The van der Waals surface area contributed by atoms with Gasteiger partial charge >= 0.3 is 6.61 Å². The van der Waals surface area contributed by atoms with E-state index in [1.165, 1.54) is 0 Å². The van der Waals surface area contributed by atoms with E-state index in [0.29, 0.717) is 30.5 Å². The highest BCUT2D eigenvalue weighted by Crippen LogP contribution is 2.33. The Bertz CT molecular complexity index is 426. The molecule has 0 saturated carbocycles. The average Bonchev–Trinajstić information content (AvgIpc) is 2.92. The summed E-state index contributed by atoms with van der Waals surface area (Å²) < 4.78 is 35.1. The van der Waals surface area contributed by atoms with Crippen molar-refractivity contribution in [2.24, 2.45) is 0 Å². The van der Waals surface area contributed by atoms with Crippen LogP contribution in [0, 0.1) is 0 Å². The lowest BCUT2D eigenvalue weighted by atomic mass is 10.1. The van der Waals surface area contributed by atoms with Crippen LogP contribution < -0.4 is 14.8 Å². The van der Waals surface area contributed by atoms with Crippen molar-refractivity contribution in [3.63, 3.8) is 0 Å². The minimum Gasteiger partial charge on any atom is -0.490 e. The number of hydrogen-bond acceptors (Lipinski definition) is 4. The van der Waals surface area contributed by atoms with Crippen LogP contribution in [-0.4, -0.2) is 30.8 Å². The zero-order valence-corrected chi connectivity index (χ0v) is 12.2. The molecule has 1 aliphatic heterocycles. The Labute approximate surface area is 122 Å². The third kappa shape index (κ3) is 4.24. The van der Waals surface area contributed by atoms with Gasteiger partial charge in [-0.3, -0.25) is 0 Å². The quantitative estimate of drug-likeness (QED) is 0.837. The molecule has 1 fully saturated rings. The summed E-state index contributed by atoms with van der Waals surface area (Å²) >= 11 is 1.91. The number of rotatable bonds is 7. The van der Waals surface area contributed by atoms with Crippen LogP contribution in [0.25, 0.3) is 0 Å². The van der Waals surface area contributed by atoms with Gasteiger partial charge in [0.05, 0.1) is 6.61 Å². The van der Waals surface area contributed by atoms with Gasteiger partial charge in [-0.1, -0.05) is 12.1 Å². The molecule has 1 saturated heterocycles. The molecular weight excluding hydrogens is 284 g/mol. The molecule has 1 unspecified atom stereocenters. The monoisotopic (exact) mass is 303 g/mol. The first kappa shape index (κ1) is 15.4. The number of halogens is 2. The van der Waals surface area contributed by atoms with Gasteiger partial charge in [0.2, 0.25) is 0 Å². The maximum atomic E-state index is 12.6. The van der Waals surface area contributed by atoms with Gasteiger partial charge in [-0.2, -0.15) is 20.5 Å². The fourth-order valence-corrected chi connectivity index (χ4v) is 3.33. The van der Waals surface area contributed by atoms with E-state index in [9.17, 15) is 8.78 Å². The highest BCUT2D eigenvalue weighted by molar-refractivity contribution is 7.99. The van der Waals surface area contributed by atoms with Crippen molar-refractivity contribution in [2.75, 3.05) is 18.1 Å². The lowest BCUT2D eigenvalue weighted by molar-refractivity contribution is -0.0521. The second kappa shape index (κ2) is 7.69. The van der Waals surface area contributed by atoms with Gasteiger partial charge in [0, 0.05) is 23.9 Å². The van der Waals surface area contributed by atoms with Gasteiger partial charge in [0.1, 0.15) is 0 Å². The fourth-order valence-electron chi connectivity index (χ4n) is 2.14.